The summed E-state index contributed by atoms with van der Waals surface area (Å²) in [5, 5.41) is 7.69. The van der Waals surface area contributed by atoms with Crippen LogP contribution in [0, 0.1) is 0 Å². The van der Waals surface area contributed by atoms with Gasteiger partial charge in [-0.1, -0.05) is 24.1 Å². The molecule has 0 saturated carbocycles. The van der Waals surface area contributed by atoms with Gasteiger partial charge in [0.2, 0.25) is 0 Å². The number of nitrogens with one attached hydrogen (secondary N) is 2. The largest absolute Gasteiger partial charge is 0.383 e. The summed E-state index contributed by atoms with van der Waals surface area (Å²) in [4.78, 5) is 0. The van der Waals surface area contributed by atoms with E-state index in [0.717, 1.165) is 28.3 Å². The summed E-state index contributed by atoms with van der Waals surface area (Å²) >= 11 is 9.52. The summed E-state index contributed by atoms with van der Waals surface area (Å²) in [7, 11) is 0. The number of benzene rings is 1. The molecule has 0 amide bonds. The van der Waals surface area contributed by atoms with Crippen molar-refractivity contribution in [2.45, 2.75) is 25.3 Å². The smallest absolute Gasteiger partial charge is 0.0593 e. The van der Waals surface area contributed by atoms with E-state index in [2.05, 4.69) is 26.6 Å². The van der Waals surface area contributed by atoms with Crippen LogP contribution in [0.4, 0.5) is 5.69 Å². The Balaban J connectivity index is 1.91. The lowest BCUT2D eigenvalue weighted by molar-refractivity contribution is 0.414. The maximum Gasteiger partial charge on any atom is 0.0593 e. The molecule has 2 nitrogen and oxygen atoms in total. The molecule has 1 aromatic carbocycles. The molecule has 1 fully saturated rings. The maximum absolute atomic E-state index is 6.03. The summed E-state index contributed by atoms with van der Waals surface area (Å²) in [6.45, 7) is 2.10. The molecule has 2 N–H and O–H groups in total. The number of hydrogen-bond donors (Lipinski definition) is 2. The lowest BCUT2D eigenvalue weighted by Gasteiger charge is -2.24. The van der Waals surface area contributed by atoms with Gasteiger partial charge < -0.3 is 10.6 Å². The Kier molecular flexibility index (Phi) is 4.50. The molecule has 1 atom stereocenters. The van der Waals surface area contributed by atoms with Crippen LogP contribution < -0.4 is 10.6 Å². The molecule has 4 heteroatoms. The second-order valence-electron chi connectivity index (χ2n) is 4.13. The van der Waals surface area contributed by atoms with Gasteiger partial charge in [-0.25, -0.2) is 0 Å². The molecule has 0 aliphatic carbocycles. The number of rotatable bonds is 3. The lowest BCUT2D eigenvalue weighted by Crippen LogP contribution is -2.39. The fraction of sp³-hybridized carbons (Fsp3) is 0.500. The van der Waals surface area contributed by atoms with E-state index in [1.165, 1.54) is 19.3 Å². The fourth-order valence-electron chi connectivity index (χ4n) is 1.97. The highest BCUT2D eigenvalue weighted by molar-refractivity contribution is 9.10. The van der Waals surface area contributed by atoms with Crippen molar-refractivity contribution < 1.29 is 0 Å². The van der Waals surface area contributed by atoms with Crippen molar-refractivity contribution >= 4 is 33.2 Å². The molecule has 0 spiro atoms. The summed E-state index contributed by atoms with van der Waals surface area (Å²) in [6, 6.07) is 6.47. The van der Waals surface area contributed by atoms with Gasteiger partial charge in [-0.3, -0.25) is 0 Å². The van der Waals surface area contributed by atoms with E-state index in [4.69, 9.17) is 11.6 Å². The van der Waals surface area contributed by atoms with Crippen LogP contribution in [-0.2, 0) is 0 Å². The molecule has 1 aliphatic rings. The average Bonchev–Trinajstić information content (AvgIpc) is 2.32. The van der Waals surface area contributed by atoms with Gasteiger partial charge in [0.05, 0.1) is 9.50 Å². The van der Waals surface area contributed by atoms with Gasteiger partial charge in [-0.2, -0.15) is 0 Å². The quantitative estimate of drug-likeness (QED) is 0.890. The monoisotopic (exact) mass is 302 g/mol. The summed E-state index contributed by atoms with van der Waals surface area (Å²) in [5.74, 6) is 0. The van der Waals surface area contributed by atoms with E-state index in [9.17, 15) is 0 Å². The maximum atomic E-state index is 6.03. The minimum absolute atomic E-state index is 0.583. The molecule has 88 valence electrons. The molecule has 16 heavy (non-hydrogen) atoms. The molecular weight excluding hydrogens is 288 g/mol. The first kappa shape index (κ1) is 12.2. The molecular formula is C12H16BrClN2. The highest BCUT2D eigenvalue weighted by atomic mass is 79.9. The number of anilines is 1. The Morgan fingerprint density at radius 3 is 3.06 bits per heavy atom. The first-order chi connectivity index (χ1) is 7.77. The third-order valence-electron chi connectivity index (χ3n) is 2.90. The number of halogens is 2. The average molecular weight is 304 g/mol. The third-order valence-corrected chi connectivity index (χ3v) is 4.30. The zero-order valence-electron chi connectivity index (χ0n) is 9.10. The second-order valence-corrected chi connectivity index (χ2v) is 5.33. The Labute approximate surface area is 110 Å². The third kappa shape index (κ3) is 3.12. The van der Waals surface area contributed by atoms with Crippen LogP contribution >= 0.6 is 27.5 Å². The molecule has 0 aromatic heterocycles. The van der Waals surface area contributed by atoms with E-state index < -0.39 is 0 Å². The number of piperidine rings is 1. The first-order valence-corrected chi connectivity index (χ1v) is 6.86. The molecule has 1 heterocycles. The van der Waals surface area contributed by atoms with Crippen molar-refractivity contribution in [2.24, 2.45) is 0 Å². The van der Waals surface area contributed by atoms with Crippen molar-refractivity contribution in [1.82, 2.24) is 5.32 Å². The molecule has 2 rings (SSSR count). The summed E-state index contributed by atoms with van der Waals surface area (Å²) < 4.78 is 0.951. The first-order valence-electron chi connectivity index (χ1n) is 5.68. The van der Waals surface area contributed by atoms with Gasteiger partial charge in [0.15, 0.2) is 0 Å². The van der Waals surface area contributed by atoms with Crippen molar-refractivity contribution in [3.8, 4) is 0 Å². The molecule has 1 aromatic rings. The highest BCUT2D eigenvalue weighted by Gasteiger charge is 2.12. The number of hydrogen-bond acceptors (Lipinski definition) is 2. The van der Waals surface area contributed by atoms with Gasteiger partial charge in [0.1, 0.15) is 0 Å². The van der Waals surface area contributed by atoms with Crippen molar-refractivity contribution in [3.63, 3.8) is 0 Å². The highest BCUT2D eigenvalue weighted by Crippen LogP contribution is 2.30. The summed E-state index contributed by atoms with van der Waals surface area (Å²) in [6.07, 6.45) is 3.89. The minimum atomic E-state index is 0.583. The van der Waals surface area contributed by atoms with Crippen molar-refractivity contribution in [2.75, 3.05) is 18.4 Å². The zero-order valence-corrected chi connectivity index (χ0v) is 11.4. The normalized spacial score (nSPS) is 20.8. The van der Waals surface area contributed by atoms with Gasteiger partial charge in [-0.05, 0) is 47.4 Å². The Bertz CT molecular complexity index is 351. The van der Waals surface area contributed by atoms with Crippen molar-refractivity contribution in [1.29, 1.82) is 0 Å². The SMILES string of the molecule is Clc1cccc(NCC2CCCCN2)c1Br. The standard InChI is InChI=1S/C12H16BrClN2/c13-12-10(14)5-3-6-11(12)16-8-9-4-1-2-7-15-9/h3,5-6,9,15-16H,1-2,4,7-8H2. The van der Waals surface area contributed by atoms with Crippen LogP contribution in [0.25, 0.3) is 0 Å². The van der Waals surface area contributed by atoms with E-state index in [-0.39, 0.29) is 0 Å². The Morgan fingerprint density at radius 2 is 2.31 bits per heavy atom. The van der Waals surface area contributed by atoms with E-state index in [0.29, 0.717) is 6.04 Å². The molecule has 1 aliphatic heterocycles. The van der Waals surface area contributed by atoms with Crippen LogP contribution in [0.2, 0.25) is 5.02 Å². The Hall–Kier alpha value is -0.250. The van der Waals surface area contributed by atoms with Gasteiger partial charge in [-0.15, -0.1) is 0 Å². The molecule has 1 saturated heterocycles. The lowest BCUT2D eigenvalue weighted by atomic mass is 10.1. The van der Waals surface area contributed by atoms with Crippen LogP contribution in [-0.4, -0.2) is 19.1 Å². The van der Waals surface area contributed by atoms with Crippen LogP contribution in [0.5, 0.6) is 0 Å². The predicted octanol–water partition coefficient (Wildman–Crippen LogP) is 3.66. The predicted molar refractivity (Wildman–Crippen MR) is 73.3 cm³/mol. The van der Waals surface area contributed by atoms with Gasteiger partial charge in [0.25, 0.3) is 0 Å². The Morgan fingerprint density at radius 1 is 1.44 bits per heavy atom. The second kappa shape index (κ2) is 5.89. The van der Waals surface area contributed by atoms with Crippen LogP contribution in [0.15, 0.2) is 22.7 Å². The topological polar surface area (TPSA) is 24.1 Å². The minimum Gasteiger partial charge on any atom is -0.383 e. The van der Waals surface area contributed by atoms with Crippen LogP contribution in [0.1, 0.15) is 19.3 Å². The van der Waals surface area contributed by atoms with E-state index in [1.54, 1.807) is 0 Å². The van der Waals surface area contributed by atoms with Gasteiger partial charge in [0, 0.05) is 18.3 Å². The fourth-order valence-corrected chi connectivity index (χ4v) is 2.55. The van der Waals surface area contributed by atoms with E-state index in [1.807, 2.05) is 18.2 Å². The van der Waals surface area contributed by atoms with Crippen molar-refractivity contribution in [3.05, 3.63) is 27.7 Å². The van der Waals surface area contributed by atoms with Crippen LogP contribution in [0.3, 0.4) is 0 Å². The zero-order chi connectivity index (χ0) is 11.4. The summed E-state index contributed by atoms with van der Waals surface area (Å²) in [5.41, 5.74) is 1.07. The van der Waals surface area contributed by atoms with E-state index >= 15 is 0 Å². The van der Waals surface area contributed by atoms with Gasteiger partial charge >= 0.3 is 0 Å². The molecule has 0 bridgehead atoms. The molecule has 0 radical (unpaired) electrons. The molecule has 1 unspecified atom stereocenters.